The van der Waals surface area contributed by atoms with Gasteiger partial charge in [0.15, 0.2) is 0 Å². The molecule has 0 amide bonds. The monoisotopic (exact) mass is 223 g/mol. The maximum Gasteiger partial charge on any atom is 0.337 e. The Balaban J connectivity index is 2.68. The van der Waals surface area contributed by atoms with E-state index >= 15 is 0 Å². The second-order valence-electron chi connectivity index (χ2n) is 2.78. The van der Waals surface area contributed by atoms with Crippen molar-refractivity contribution in [1.29, 1.82) is 0 Å². The molecule has 5 nitrogen and oxygen atoms in total. The summed E-state index contributed by atoms with van der Waals surface area (Å²) >= 11 is 5.91. The van der Waals surface area contributed by atoms with Crippen LogP contribution in [0.25, 0.3) is 5.69 Å². The summed E-state index contributed by atoms with van der Waals surface area (Å²) in [4.78, 5) is 14.7. The van der Waals surface area contributed by atoms with E-state index in [0.717, 1.165) is 0 Å². The lowest BCUT2D eigenvalue weighted by atomic mass is 10.2. The van der Waals surface area contributed by atoms with Gasteiger partial charge in [-0.3, -0.25) is 0 Å². The van der Waals surface area contributed by atoms with Crippen LogP contribution in [0, 0.1) is 0 Å². The molecule has 1 N–H and O–H groups in total. The molecule has 0 aliphatic rings. The number of para-hydroxylation sites is 1. The molecular formula is C9H6ClN3O2. The minimum Gasteiger partial charge on any atom is -0.478 e. The predicted octanol–water partition coefficient (Wildman–Crippen LogP) is 1.62. The van der Waals surface area contributed by atoms with Crippen LogP contribution < -0.4 is 0 Å². The molecule has 1 aromatic heterocycles. The zero-order valence-electron chi connectivity index (χ0n) is 7.46. The average molecular weight is 224 g/mol. The Bertz CT molecular complexity index is 496. The number of aromatic carboxylic acids is 1. The Labute approximate surface area is 89.9 Å². The summed E-state index contributed by atoms with van der Waals surface area (Å²) in [7, 11) is 0. The molecule has 0 fully saturated rings. The number of benzene rings is 1. The van der Waals surface area contributed by atoms with Crippen molar-refractivity contribution in [2.24, 2.45) is 0 Å². The maximum atomic E-state index is 10.9. The van der Waals surface area contributed by atoms with E-state index in [-0.39, 0.29) is 5.56 Å². The fourth-order valence-corrected chi connectivity index (χ4v) is 1.51. The van der Waals surface area contributed by atoms with Crippen LogP contribution >= 0.6 is 11.6 Å². The highest BCUT2D eigenvalue weighted by Gasteiger charge is 2.14. The lowest BCUT2D eigenvalue weighted by Crippen LogP contribution is -2.06. The van der Waals surface area contributed by atoms with Crippen molar-refractivity contribution in [2.45, 2.75) is 0 Å². The van der Waals surface area contributed by atoms with Crippen molar-refractivity contribution in [2.75, 3.05) is 0 Å². The molecule has 0 aliphatic heterocycles. The largest absolute Gasteiger partial charge is 0.478 e. The number of carboxylic acids is 1. The van der Waals surface area contributed by atoms with E-state index < -0.39 is 5.97 Å². The first-order valence-corrected chi connectivity index (χ1v) is 4.45. The lowest BCUT2D eigenvalue weighted by molar-refractivity contribution is 0.0696. The van der Waals surface area contributed by atoms with E-state index in [4.69, 9.17) is 16.7 Å². The molecule has 0 bridgehead atoms. The standard InChI is InChI=1S/C9H6ClN3O2/c10-7-3-1-2-6(9(14)15)8(7)13-5-11-4-12-13/h1-5H,(H,14,15). The summed E-state index contributed by atoms with van der Waals surface area (Å²) < 4.78 is 1.33. The van der Waals surface area contributed by atoms with Crippen molar-refractivity contribution in [3.05, 3.63) is 41.4 Å². The van der Waals surface area contributed by atoms with E-state index in [1.54, 1.807) is 12.1 Å². The fourth-order valence-electron chi connectivity index (χ4n) is 1.24. The molecule has 0 atom stereocenters. The Morgan fingerprint density at radius 2 is 2.27 bits per heavy atom. The van der Waals surface area contributed by atoms with Gasteiger partial charge in [-0.2, -0.15) is 5.10 Å². The molecule has 1 heterocycles. The summed E-state index contributed by atoms with van der Waals surface area (Å²) in [5, 5.41) is 13.1. The van der Waals surface area contributed by atoms with Crippen molar-refractivity contribution < 1.29 is 9.90 Å². The number of hydrogen-bond acceptors (Lipinski definition) is 3. The highest BCUT2D eigenvalue weighted by atomic mass is 35.5. The number of carboxylic acid groups (broad SMARTS) is 1. The van der Waals surface area contributed by atoms with Gasteiger partial charge in [-0.1, -0.05) is 17.7 Å². The van der Waals surface area contributed by atoms with E-state index in [9.17, 15) is 4.79 Å². The molecule has 0 unspecified atom stereocenters. The van der Waals surface area contributed by atoms with Gasteiger partial charge in [0, 0.05) is 0 Å². The molecule has 2 rings (SSSR count). The maximum absolute atomic E-state index is 10.9. The predicted molar refractivity (Wildman–Crippen MR) is 53.3 cm³/mol. The Morgan fingerprint density at radius 1 is 1.47 bits per heavy atom. The van der Waals surface area contributed by atoms with E-state index in [0.29, 0.717) is 10.7 Å². The molecule has 76 valence electrons. The van der Waals surface area contributed by atoms with E-state index in [1.165, 1.54) is 23.4 Å². The average Bonchev–Trinajstić information content (AvgIpc) is 2.70. The molecular weight excluding hydrogens is 218 g/mol. The summed E-state index contributed by atoms with van der Waals surface area (Å²) in [5.74, 6) is -1.05. The summed E-state index contributed by atoms with van der Waals surface area (Å²) in [6.45, 7) is 0. The van der Waals surface area contributed by atoms with Crippen LogP contribution in [0.5, 0.6) is 0 Å². The number of hydrogen-bond donors (Lipinski definition) is 1. The normalized spacial score (nSPS) is 10.2. The first-order valence-electron chi connectivity index (χ1n) is 4.07. The van der Waals surface area contributed by atoms with Gasteiger partial charge in [0.1, 0.15) is 12.7 Å². The second kappa shape index (κ2) is 3.70. The molecule has 6 heteroatoms. The third-order valence-electron chi connectivity index (χ3n) is 1.87. The number of halogens is 1. The number of carbonyl (C=O) groups is 1. The molecule has 0 radical (unpaired) electrons. The molecule has 0 aliphatic carbocycles. The molecule has 0 spiro atoms. The van der Waals surface area contributed by atoms with Crippen molar-refractivity contribution in [3.8, 4) is 5.69 Å². The van der Waals surface area contributed by atoms with Gasteiger partial charge in [-0.15, -0.1) is 0 Å². The highest BCUT2D eigenvalue weighted by molar-refractivity contribution is 6.33. The quantitative estimate of drug-likeness (QED) is 0.840. The van der Waals surface area contributed by atoms with Gasteiger partial charge in [0.05, 0.1) is 16.3 Å². The van der Waals surface area contributed by atoms with Gasteiger partial charge >= 0.3 is 5.97 Å². The molecule has 0 saturated carbocycles. The summed E-state index contributed by atoms with van der Waals surface area (Å²) in [6.07, 6.45) is 2.71. The zero-order valence-corrected chi connectivity index (χ0v) is 8.22. The fraction of sp³-hybridized carbons (Fsp3) is 0. The summed E-state index contributed by atoms with van der Waals surface area (Å²) in [6, 6.07) is 4.64. The van der Waals surface area contributed by atoms with Gasteiger partial charge in [-0.05, 0) is 12.1 Å². The van der Waals surface area contributed by atoms with Crippen LogP contribution in [0.2, 0.25) is 5.02 Å². The van der Waals surface area contributed by atoms with E-state index in [2.05, 4.69) is 10.1 Å². The van der Waals surface area contributed by atoms with Crippen LogP contribution in [0.15, 0.2) is 30.9 Å². The van der Waals surface area contributed by atoms with Gasteiger partial charge < -0.3 is 5.11 Å². The molecule has 15 heavy (non-hydrogen) atoms. The van der Waals surface area contributed by atoms with Crippen molar-refractivity contribution in [1.82, 2.24) is 14.8 Å². The Kier molecular flexibility index (Phi) is 2.39. The SMILES string of the molecule is O=C(O)c1cccc(Cl)c1-n1cncn1. The topological polar surface area (TPSA) is 68.0 Å². The van der Waals surface area contributed by atoms with Crippen LogP contribution in [0.3, 0.4) is 0 Å². The van der Waals surface area contributed by atoms with Gasteiger partial charge in [0.25, 0.3) is 0 Å². The minimum atomic E-state index is -1.05. The van der Waals surface area contributed by atoms with Gasteiger partial charge in [-0.25, -0.2) is 14.5 Å². The third-order valence-corrected chi connectivity index (χ3v) is 2.17. The van der Waals surface area contributed by atoms with Crippen LogP contribution in [0.4, 0.5) is 0 Å². The van der Waals surface area contributed by atoms with Gasteiger partial charge in [0.2, 0.25) is 0 Å². The zero-order chi connectivity index (χ0) is 10.8. The summed E-state index contributed by atoms with van der Waals surface area (Å²) in [5.41, 5.74) is 0.414. The third kappa shape index (κ3) is 1.69. The molecule has 0 saturated heterocycles. The molecule has 1 aromatic carbocycles. The molecule has 2 aromatic rings. The van der Waals surface area contributed by atoms with Crippen molar-refractivity contribution in [3.63, 3.8) is 0 Å². The minimum absolute atomic E-state index is 0.0907. The number of rotatable bonds is 2. The van der Waals surface area contributed by atoms with Crippen molar-refractivity contribution >= 4 is 17.6 Å². The van der Waals surface area contributed by atoms with Crippen LogP contribution in [-0.4, -0.2) is 25.8 Å². The lowest BCUT2D eigenvalue weighted by Gasteiger charge is -2.06. The van der Waals surface area contributed by atoms with Crippen LogP contribution in [-0.2, 0) is 0 Å². The van der Waals surface area contributed by atoms with E-state index in [1.807, 2.05) is 0 Å². The number of aromatic nitrogens is 3. The first-order chi connectivity index (χ1) is 7.20. The highest BCUT2D eigenvalue weighted by Crippen LogP contribution is 2.23. The first kappa shape index (κ1) is 9.67. The van der Waals surface area contributed by atoms with Crippen LogP contribution in [0.1, 0.15) is 10.4 Å². The second-order valence-corrected chi connectivity index (χ2v) is 3.19. The Hall–Kier alpha value is -1.88. The smallest absolute Gasteiger partial charge is 0.337 e. The number of nitrogens with zero attached hydrogens (tertiary/aromatic N) is 3. The Morgan fingerprint density at radius 3 is 2.87 bits per heavy atom.